The number of H-pyrrole nitrogens is 1. The summed E-state index contributed by atoms with van der Waals surface area (Å²) >= 11 is 6.28. The lowest BCUT2D eigenvalue weighted by Crippen LogP contribution is -2.23. The molecule has 0 saturated carbocycles. The second kappa shape index (κ2) is 7.83. The topological polar surface area (TPSA) is 94.3 Å². The summed E-state index contributed by atoms with van der Waals surface area (Å²) in [5.41, 5.74) is 5.21. The van der Waals surface area contributed by atoms with Gasteiger partial charge in [0.15, 0.2) is 0 Å². The Labute approximate surface area is 193 Å². The van der Waals surface area contributed by atoms with E-state index in [-0.39, 0.29) is 11.6 Å². The summed E-state index contributed by atoms with van der Waals surface area (Å²) in [6, 6.07) is 19.0. The number of fused-ring (bicyclic) bond motifs is 1. The number of aryl methyl sites for hydroxylation is 1. The highest BCUT2D eigenvalue weighted by Crippen LogP contribution is 2.34. The number of hydrogen-bond donors (Lipinski definition) is 1. The average Bonchev–Trinajstić information content (AvgIpc) is 3.60. The van der Waals surface area contributed by atoms with Crippen molar-refractivity contribution in [2.24, 2.45) is 0 Å². The third-order valence-corrected chi connectivity index (χ3v) is 6.23. The van der Waals surface area contributed by atoms with Gasteiger partial charge in [0, 0.05) is 22.3 Å². The van der Waals surface area contributed by atoms with Crippen molar-refractivity contribution in [3.63, 3.8) is 0 Å². The van der Waals surface area contributed by atoms with Crippen molar-refractivity contribution in [1.29, 1.82) is 0 Å². The van der Waals surface area contributed by atoms with E-state index >= 15 is 0 Å². The molecule has 0 radical (unpaired) electrons. The Bertz CT molecular complexity index is 1510. The number of halogens is 1. The Morgan fingerprint density at radius 3 is 2.73 bits per heavy atom. The van der Waals surface area contributed by atoms with E-state index in [0.717, 1.165) is 52.4 Å². The van der Waals surface area contributed by atoms with Crippen LogP contribution in [0, 0.1) is 0 Å². The molecule has 2 aromatic carbocycles. The fraction of sp³-hybridized carbons (Fsp3) is 0.125. The minimum atomic E-state index is -0.127. The Morgan fingerprint density at radius 2 is 1.91 bits per heavy atom. The minimum absolute atomic E-state index is 0.0784. The van der Waals surface area contributed by atoms with Gasteiger partial charge in [0.25, 0.3) is 5.56 Å². The number of nitrogens with zero attached hydrogens (tertiary/aromatic N) is 6. The van der Waals surface area contributed by atoms with Gasteiger partial charge in [-0.05, 0) is 58.7 Å². The number of nitrogens with one attached hydrogen (secondary N) is 1. The SMILES string of the molecule is O=c1cc(-c2cc(Cl)ccc2-n2cnnn2)cc2n1[C@@H](c1ncc(-c3ccccc3)[nH]1)CC2. The van der Waals surface area contributed by atoms with Crippen molar-refractivity contribution >= 4 is 11.6 Å². The first-order chi connectivity index (χ1) is 16.2. The molecule has 0 saturated heterocycles. The van der Waals surface area contributed by atoms with Crippen LogP contribution in [-0.4, -0.2) is 34.7 Å². The molecular weight excluding hydrogens is 438 g/mol. The third-order valence-electron chi connectivity index (χ3n) is 5.99. The van der Waals surface area contributed by atoms with Crippen LogP contribution in [0.2, 0.25) is 5.02 Å². The summed E-state index contributed by atoms with van der Waals surface area (Å²) in [6.45, 7) is 0. The molecule has 162 valence electrons. The van der Waals surface area contributed by atoms with Gasteiger partial charge in [-0.15, -0.1) is 5.10 Å². The maximum atomic E-state index is 13.3. The highest BCUT2D eigenvalue weighted by atomic mass is 35.5. The van der Waals surface area contributed by atoms with Crippen molar-refractivity contribution in [3.05, 3.63) is 100 Å². The number of aromatic amines is 1. The Hall–Kier alpha value is -4.04. The zero-order valence-electron chi connectivity index (χ0n) is 17.4. The third kappa shape index (κ3) is 3.44. The first-order valence-electron chi connectivity index (χ1n) is 10.6. The Balaban J connectivity index is 1.40. The second-order valence-corrected chi connectivity index (χ2v) is 8.40. The Morgan fingerprint density at radius 1 is 1.03 bits per heavy atom. The fourth-order valence-electron chi connectivity index (χ4n) is 4.49. The smallest absolute Gasteiger partial charge is 0.252 e. The summed E-state index contributed by atoms with van der Waals surface area (Å²) in [6.07, 6.45) is 4.92. The molecule has 0 bridgehead atoms. The standard InChI is InChI=1S/C24H18ClN7O/c25-17-6-8-21(31-14-27-29-30-31)19(12-17)16-10-18-7-9-22(32(18)23(33)11-16)24-26-13-20(28-24)15-4-2-1-3-5-15/h1-6,8,10-14,22H,7,9H2,(H,26,28)/t22-/m1/s1. The van der Waals surface area contributed by atoms with Crippen LogP contribution in [0.3, 0.4) is 0 Å². The van der Waals surface area contributed by atoms with Gasteiger partial charge in [0.2, 0.25) is 0 Å². The zero-order valence-corrected chi connectivity index (χ0v) is 18.1. The molecule has 5 aromatic rings. The van der Waals surface area contributed by atoms with E-state index in [1.807, 2.05) is 59.3 Å². The van der Waals surface area contributed by atoms with Crippen LogP contribution >= 0.6 is 11.6 Å². The lowest BCUT2D eigenvalue weighted by atomic mass is 10.0. The van der Waals surface area contributed by atoms with E-state index in [1.165, 1.54) is 6.33 Å². The van der Waals surface area contributed by atoms with Crippen molar-refractivity contribution < 1.29 is 0 Å². The van der Waals surface area contributed by atoms with Crippen molar-refractivity contribution in [1.82, 2.24) is 34.7 Å². The number of tetrazole rings is 1. The van der Waals surface area contributed by atoms with E-state index in [1.54, 1.807) is 16.8 Å². The predicted molar refractivity (Wildman–Crippen MR) is 124 cm³/mol. The zero-order chi connectivity index (χ0) is 22.4. The van der Waals surface area contributed by atoms with Crippen LogP contribution in [0.1, 0.15) is 24.0 Å². The highest BCUT2D eigenvalue weighted by molar-refractivity contribution is 6.31. The predicted octanol–water partition coefficient (Wildman–Crippen LogP) is 4.07. The molecule has 1 aliphatic heterocycles. The first kappa shape index (κ1) is 19.6. The molecule has 0 aliphatic carbocycles. The van der Waals surface area contributed by atoms with Crippen LogP contribution < -0.4 is 5.56 Å². The molecule has 0 unspecified atom stereocenters. The van der Waals surface area contributed by atoms with E-state index in [9.17, 15) is 4.79 Å². The molecule has 4 heterocycles. The summed E-state index contributed by atoms with van der Waals surface area (Å²) in [5.74, 6) is 0.791. The van der Waals surface area contributed by atoms with E-state index in [2.05, 4.69) is 25.5 Å². The van der Waals surface area contributed by atoms with Crippen molar-refractivity contribution in [3.8, 4) is 28.1 Å². The van der Waals surface area contributed by atoms with Crippen LogP contribution in [0.15, 0.2) is 78.0 Å². The maximum Gasteiger partial charge on any atom is 0.252 e. The van der Waals surface area contributed by atoms with Crippen molar-refractivity contribution in [2.75, 3.05) is 0 Å². The quantitative estimate of drug-likeness (QED) is 0.441. The van der Waals surface area contributed by atoms with Gasteiger partial charge >= 0.3 is 0 Å². The number of pyridine rings is 1. The molecule has 1 aliphatic rings. The summed E-state index contributed by atoms with van der Waals surface area (Å²) in [4.78, 5) is 21.3. The van der Waals surface area contributed by atoms with Crippen molar-refractivity contribution in [2.45, 2.75) is 18.9 Å². The van der Waals surface area contributed by atoms with Gasteiger partial charge in [-0.2, -0.15) is 4.68 Å². The molecule has 33 heavy (non-hydrogen) atoms. The number of imidazole rings is 1. The maximum absolute atomic E-state index is 13.3. The number of benzene rings is 2. The summed E-state index contributed by atoms with van der Waals surface area (Å²) in [5, 5.41) is 12.0. The minimum Gasteiger partial charge on any atom is -0.340 e. The molecule has 0 amide bonds. The Kier molecular flexibility index (Phi) is 4.66. The molecular formula is C24H18ClN7O. The average molecular weight is 456 g/mol. The van der Waals surface area contributed by atoms with Gasteiger partial charge in [-0.25, -0.2) is 4.98 Å². The van der Waals surface area contributed by atoms with Gasteiger partial charge in [-0.1, -0.05) is 41.9 Å². The molecule has 3 aromatic heterocycles. The largest absolute Gasteiger partial charge is 0.340 e. The summed E-state index contributed by atoms with van der Waals surface area (Å²) < 4.78 is 3.39. The van der Waals surface area contributed by atoms with Gasteiger partial charge in [0.1, 0.15) is 12.2 Å². The fourth-order valence-corrected chi connectivity index (χ4v) is 4.66. The summed E-state index contributed by atoms with van der Waals surface area (Å²) in [7, 11) is 0. The second-order valence-electron chi connectivity index (χ2n) is 7.96. The lowest BCUT2D eigenvalue weighted by Gasteiger charge is -2.15. The molecule has 0 fully saturated rings. The van der Waals surface area contributed by atoms with Crippen LogP contribution in [0.25, 0.3) is 28.1 Å². The van der Waals surface area contributed by atoms with Gasteiger partial charge in [0.05, 0.1) is 23.6 Å². The number of hydrogen-bond acceptors (Lipinski definition) is 5. The first-order valence-corrected chi connectivity index (χ1v) is 10.9. The molecule has 8 nitrogen and oxygen atoms in total. The van der Waals surface area contributed by atoms with E-state index in [0.29, 0.717) is 5.02 Å². The van der Waals surface area contributed by atoms with Gasteiger partial charge in [-0.3, -0.25) is 4.79 Å². The van der Waals surface area contributed by atoms with Crippen LogP contribution in [0.4, 0.5) is 0 Å². The molecule has 6 rings (SSSR count). The number of aromatic nitrogens is 7. The molecule has 1 N–H and O–H groups in total. The molecule has 0 spiro atoms. The highest BCUT2D eigenvalue weighted by Gasteiger charge is 2.28. The van der Waals surface area contributed by atoms with Crippen LogP contribution in [0.5, 0.6) is 0 Å². The molecule has 9 heteroatoms. The molecule has 1 atom stereocenters. The van der Waals surface area contributed by atoms with Gasteiger partial charge < -0.3 is 9.55 Å². The van der Waals surface area contributed by atoms with E-state index < -0.39 is 0 Å². The van der Waals surface area contributed by atoms with Crippen LogP contribution in [-0.2, 0) is 6.42 Å². The lowest BCUT2D eigenvalue weighted by molar-refractivity contribution is 0.572. The monoisotopic (exact) mass is 455 g/mol. The normalized spacial score (nSPS) is 15.0. The van der Waals surface area contributed by atoms with E-state index in [4.69, 9.17) is 11.6 Å². The number of rotatable bonds is 4.